The molecule has 1 rings (SSSR count). The second kappa shape index (κ2) is 8.19. The van der Waals surface area contributed by atoms with Crippen molar-refractivity contribution >= 4 is 0 Å². The molecule has 1 nitrogen and oxygen atoms in total. The Morgan fingerprint density at radius 2 is 1.44 bits per heavy atom. The van der Waals surface area contributed by atoms with Crippen LogP contribution < -0.4 is 5.73 Å². The minimum Gasteiger partial charge on any atom is -0.328 e. The van der Waals surface area contributed by atoms with E-state index in [0.717, 1.165) is 5.92 Å². The fourth-order valence-corrected chi connectivity index (χ4v) is 3.71. The normalized spacial score (nSPS) is 28.0. The van der Waals surface area contributed by atoms with Crippen LogP contribution in [0.15, 0.2) is 0 Å². The van der Waals surface area contributed by atoms with Crippen molar-refractivity contribution in [2.24, 2.45) is 17.1 Å². The summed E-state index contributed by atoms with van der Waals surface area (Å²) in [6.45, 7) is 7.20. The van der Waals surface area contributed by atoms with E-state index in [1.165, 1.54) is 70.6 Å². The summed E-state index contributed by atoms with van der Waals surface area (Å²) in [6, 6.07) is 0.493. The van der Waals surface area contributed by atoms with Crippen LogP contribution in [-0.2, 0) is 0 Å². The molecule has 0 saturated heterocycles. The van der Waals surface area contributed by atoms with Crippen molar-refractivity contribution in [1.29, 1.82) is 0 Å². The molecule has 18 heavy (non-hydrogen) atoms. The fourth-order valence-electron chi connectivity index (χ4n) is 3.71. The molecule has 0 spiro atoms. The maximum Gasteiger partial charge on any atom is 0.00390 e. The Labute approximate surface area is 115 Å². The maximum absolute atomic E-state index is 6.06. The first kappa shape index (κ1) is 16.0. The molecule has 0 amide bonds. The molecule has 0 aromatic rings. The number of nitrogens with two attached hydrogens (primary N) is 1. The molecule has 1 heteroatoms. The average molecular weight is 253 g/mol. The summed E-state index contributed by atoms with van der Waals surface area (Å²) in [6.07, 6.45) is 15.1. The van der Waals surface area contributed by atoms with Crippen molar-refractivity contribution in [3.05, 3.63) is 0 Å². The van der Waals surface area contributed by atoms with Crippen molar-refractivity contribution in [1.82, 2.24) is 0 Å². The predicted octanol–water partition coefficient (Wildman–Crippen LogP) is 5.28. The van der Waals surface area contributed by atoms with Gasteiger partial charge in [-0.2, -0.15) is 0 Å². The van der Waals surface area contributed by atoms with Gasteiger partial charge in [0, 0.05) is 6.04 Å². The van der Waals surface area contributed by atoms with Crippen molar-refractivity contribution < 1.29 is 0 Å². The molecule has 0 aromatic heterocycles. The van der Waals surface area contributed by atoms with E-state index in [0.29, 0.717) is 11.5 Å². The van der Waals surface area contributed by atoms with E-state index in [1.54, 1.807) is 0 Å². The van der Waals surface area contributed by atoms with Crippen LogP contribution in [0.1, 0.15) is 91.4 Å². The van der Waals surface area contributed by atoms with Gasteiger partial charge < -0.3 is 5.73 Å². The molecular formula is C17H35N. The highest BCUT2D eigenvalue weighted by Gasteiger charge is 2.34. The van der Waals surface area contributed by atoms with Gasteiger partial charge in [-0.25, -0.2) is 0 Å². The molecule has 1 saturated carbocycles. The van der Waals surface area contributed by atoms with Crippen molar-refractivity contribution in [2.45, 2.75) is 97.4 Å². The molecule has 1 aliphatic carbocycles. The van der Waals surface area contributed by atoms with Crippen molar-refractivity contribution in [3.8, 4) is 0 Å². The molecule has 1 aliphatic rings. The molecule has 0 bridgehead atoms. The maximum atomic E-state index is 6.06. The van der Waals surface area contributed by atoms with Crippen molar-refractivity contribution in [3.63, 3.8) is 0 Å². The third kappa shape index (κ3) is 4.91. The van der Waals surface area contributed by atoms with Gasteiger partial charge in [0.2, 0.25) is 0 Å². The number of unbranched alkanes of at least 4 members (excludes halogenated alkanes) is 3. The Morgan fingerprint density at radius 1 is 0.889 bits per heavy atom. The van der Waals surface area contributed by atoms with Gasteiger partial charge in [-0.3, -0.25) is 0 Å². The van der Waals surface area contributed by atoms with Crippen LogP contribution in [0, 0.1) is 11.3 Å². The summed E-state index contributed by atoms with van der Waals surface area (Å²) in [5.74, 6) is 0.945. The average Bonchev–Trinajstić information content (AvgIpc) is 2.37. The molecule has 1 fully saturated rings. The van der Waals surface area contributed by atoms with Crippen LogP contribution >= 0.6 is 0 Å². The molecule has 2 N–H and O–H groups in total. The summed E-state index contributed by atoms with van der Waals surface area (Å²) in [5.41, 5.74) is 6.66. The first-order valence-corrected chi connectivity index (χ1v) is 8.38. The Bertz CT molecular complexity index is 206. The highest BCUT2D eigenvalue weighted by molar-refractivity contribution is 4.87. The topological polar surface area (TPSA) is 26.0 Å². The van der Waals surface area contributed by atoms with E-state index in [9.17, 15) is 0 Å². The fraction of sp³-hybridized carbons (Fsp3) is 1.00. The highest BCUT2D eigenvalue weighted by Crippen LogP contribution is 2.45. The molecule has 0 aromatic carbocycles. The van der Waals surface area contributed by atoms with Gasteiger partial charge in [-0.1, -0.05) is 52.9 Å². The van der Waals surface area contributed by atoms with Gasteiger partial charge >= 0.3 is 0 Å². The lowest BCUT2D eigenvalue weighted by molar-refractivity contribution is 0.101. The third-order valence-corrected chi connectivity index (χ3v) is 5.21. The monoisotopic (exact) mass is 253 g/mol. The van der Waals surface area contributed by atoms with Crippen LogP contribution in [0.4, 0.5) is 0 Å². The molecule has 108 valence electrons. The Kier molecular flexibility index (Phi) is 7.29. The molecule has 0 aliphatic heterocycles. The standard InChI is InChI=1S/C17H35N/c1-4-6-8-14-17(3,13-7-5-2)15-9-11-16(18)12-10-15/h15-16H,4-14,18H2,1-3H3. The quantitative estimate of drug-likeness (QED) is 0.585. The van der Waals surface area contributed by atoms with Crippen LogP contribution in [0.2, 0.25) is 0 Å². The van der Waals surface area contributed by atoms with E-state index in [4.69, 9.17) is 5.73 Å². The predicted molar refractivity (Wildman–Crippen MR) is 81.7 cm³/mol. The minimum absolute atomic E-state index is 0.493. The van der Waals surface area contributed by atoms with E-state index < -0.39 is 0 Å². The van der Waals surface area contributed by atoms with E-state index in [-0.39, 0.29) is 0 Å². The number of hydrogen-bond acceptors (Lipinski definition) is 1. The lowest BCUT2D eigenvalue weighted by Gasteiger charge is -2.42. The SMILES string of the molecule is CCCCCC(C)(CCCC)C1CCC(N)CC1. The zero-order chi connectivity index (χ0) is 13.4. The molecule has 1 unspecified atom stereocenters. The first-order chi connectivity index (χ1) is 8.62. The van der Waals surface area contributed by atoms with Gasteiger partial charge in [0.25, 0.3) is 0 Å². The van der Waals surface area contributed by atoms with E-state index in [2.05, 4.69) is 20.8 Å². The Hall–Kier alpha value is -0.0400. The smallest absolute Gasteiger partial charge is 0.00390 e. The van der Waals surface area contributed by atoms with Crippen molar-refractivity contribution in [2.75, 3.05) is 0 Å². The van der Waals surface area contributed by atoms with Crippen LogP contribution in [0.3, 0.4) is 0 Å². The summed E-state index contributed by atoms with van der Waals surface area (Å²) in [7, 11) is 0. The zero-order valence-electron chi connectivity index (χ0n) is 13.0. The zero-order valence-corrected chi connectivity index (χ0v) is 13.0. The molecule has 0 heterocycles. The van der Waals surface area contributed by atoms with Gasteiger partial charge in [-0.05, 0) is 49.9 Å². The highest BCUT2D eigenvalue weighted by atomic mass is 14.6. The Balaban J connectivity index is 2.51. The van der Waals surface area contributed by atoms with E-state index in [1.807, 2.05) is 0 Å². The van der Waals surface area contributed by atoms with Gasteiger partial charge in [-0.15, -0.1) is 0 Å². The summed E-state index contributed by atoms with van der Waals surface area (Å²) in [5, 5.41) is 0. The van der Waals surface area contributed by atoms with Gasteiger partial charge in [0.15, 0.2) is 0 Å². The molecule has 0 radical (unpaired) electrons. The summed E-state index contributed by atoms with van der Waals surface area (Å²) in [4.78, 5) is 0. The van der Waals surface area contributed by atoms with Crippen LogP contribution in [0.25, 0.3) is 0 Å². The first-order valence-electron chi connectivity index (χ1n) is 8.38. The minimum atomic E-state index is 0.493. The largest absolute Gasteiger partial charge is 0.328 e. The second-order valence-corrected chi connectivity index (χ2v) is 6.83. The lowest BCUT2D eigenvalue weighted by atomic mass is 9.64. The van der Waals surface area contributed by atoms with Gasteiger partial charge in [0.1, 0.15) is 0 Å². The summed E-state index contributed by atoms with van der Waals surface area (Å²) >= 11 is 0. The third-order valence-electron chi connectivity index (χ3n) is 5.21. The summed E-state index contributed by atoms with van der Waals surface area (Å²) < 4.78 is 0. The van der Waals surface area contributed by atoms with Gasteiger partial charge in [0.05, 0.1) is 0 Å². The second-order valence-electron chi connectivity index (χ2n) is 6.83. The number of hydrogen-bond donors (Lipinski definition) is 1. The molecule has 1 atom stereocenters. The van der Waals surface area contributed by atoms with E-state index >= 15 is 0 Å². The Morgan fingerprint density at radius 3 is 2.00 bits per heavy atom. The number of rotatable bonds is 8. The van der Waals surface area contributed by atoms with Crippen LogP contribution in [-0.4, -0.2) is 6.04 Å². The molecular weight excluding hydrogens is 218 g/mol. The lowest BCUT2D eigenvalue weighted by Crippen LogP contribution is -2.35. The van der Waals surface area contributed by atoms with Crippen LogP contribution in [0.5, 0.6) is 0 Å².